The smallest absolute Gasteiger partial charge is 0.225 e. The van der Waals surface area contributed by atoms with Gasteiger partial charge in [0.15, 0.2) is 0 Å². The molecular formula is C13H21N3O3S2. The number of rotatable bonds is 4. The molecule has 6 nitrogen and oxygen atoms in total. The number of hydrogen-bond donors (Lipinski definition) is 0. The number of thiazole rings is 1. The first-order chi connectivity index (χ1) is 9.77. The van der Waals surface area contributed by atoms with Crippen molar-refractivity contribution < 1.29 is 13.2 Å². The lowest BCUT2D eigenvalue weighted by Gasteiger charge is -2.31. The third-order valence-corrected chi connectivity index (χ3v) is 5.91. The van der Waals surface area contributed by atoms with E-state index in [2.05, 4.69) is 4.98 Å². The molecule has 0 aliphatic carbocycles. The molecule has 1 aliphatic heterocycles. The number of amides is 1. The van der Waals surface area contributed by atoms with E-state index >= 15 is 0 Å². The SMILES string of the molecule is Cc1ncc(CN(C)C(=O)C2CCN(S(C)(=O)=O)CC2)s1. The highest BCUT2D eigenvalue weighted by atomic mass is 32.2. The van der Waals surface area contributed by atoms with Gasteiger partial charge in [-0.25, -0.2) is 17.7 Å². The van der Waals surface area contributed by atoms with Crippen molar-refractivity contribution in [3.8, 4) is 0 Å². The summed E-state index contributed by atoms with van der Waals surface area (Å²) in [5, 5.41) is 0.993. The van der Waals surface area contributed by atoms with Gasteiger partial charge in [0.25, 0.3) is 0 Å². The quantitative estimate of drug-likeness (QED) is 0.828. The molecule has 8 heteroatoms. The van der Waals surface area contributed by atoms with Gasteiger partial charge in [-0.05, 0) is 19.8 Å². The van der Waals surface area contributed by atoms with Gasteiger partial charge in [-0.2, -0.15) is 0 Å². The minimum absolute atomic E-state index is 0.0815. The molecule has 2 rings (SSSR count). The summed E-state index contributed by atoms with van der Waals surface area (Å²) in [6.07, 6.45) is 4.21. The molecule has 0 bridgehead atoms. The van der Waals surface area contributed by atoms with Gasteiger partial charge in [-0.3, -0.25) is 4.79 Å². The van der Waals surface area contributed by atoms with Crippen LogP contribution in [0.5, 0.6) is 0 Å². The summed E-state index contributed by atoms with van der Waals surface area (Å²) in [6.45, 7) is 3.37. The molecule has 1 fully saturated rings. The average Bonchev–Trinajstić information content (AvgIpc) is 2.82. The minimum Gasteiger partial charge on any atom is -0.340 e. The van der Waals surface area contributed by atoms with Gasteiger partial charge >= 0.3 is 0 Å². The monoisotopic (exact) mass is 331 g/mol. The molecule has 0 radical (unpaired) electrons. The van der Waals surface area contributed by atoms with E-state index in [4.69, 9.17) is 0 Å². The zero-order valence-electron chi connectivity index (χ0n) is 12.6. The van der Waals surface area contributed by atoms with Gasteiger partial charge in [0.2, 0.25) is 15.9 Å². The Morgan fingerprint density at radius 3 is 2.57 bits per heavy atom. The molecule has 0 aromatic carbocycles. The summed E-state index contributed by atoms with van der Waals surface area (Å²) in [6, 6.07) is 0. The van der Waals surface area contributed by atoms with Crippen molar-refractivity contribution in [2.24, 2.45) is 5.92 Å². The third kappa shape index (κ3) is 4.24. The molecule has 1 aliphatic rings. The molecule has 0 N–H and O–H groups in total. The molecule has 1 saturated heterocycles. The van der Waals surface area contributed by atoms with Gasteiger partial charge in [-0.15, -0.1) is 11.3 Å². The van der Waals surface area contributed by atoms with Crippen LogP contribution < -0.4 is 0 Å². The number of carbonyl (C=O) groups excluding carboxylic acids is 1. The molecular weight excluding hydrogens is 310 g/mol. The molecule has 0 unspecified atom stereocenters. The van der Waals surface area contributed by atoms with E-state index in [0.29, 0.717) is 32.5 Å². The van der Waals surface area contributed by atoms with Crippen LogP contribution in [-0.2, 0) is 21.4 Å². The standard InChI is InChI=1S/C13H21N3O3S2/c1-10-14-8-12(20-10)9-15(2)13(17)11-4-6-16(7-5-11)21(3,18)19/h8,11H,4-7,9H2,1-3H3. The highest BCUT2D eigenvalue weighted by Gasteiger charge is 2.30. The molecule has 1 aromatic rings. The van der Waals surface area contributed by atoms with Crippen LogP contribution in [0.4, 0.5) is 0 Å². The van der Waals surface area contributed by atoms with Crippen molar-refractivity contribution in [3.05, 3.63) is 16.1 Å². The van der Waals surface area contributed by atoms with Crippen molar-refractivity contribution in [1.82, 2.24) is 14.2 Å². The number of nitrogens with zero attached hydrogens (tertiary/aromatic N) is 3. The van der Waals surface area contributed by atoms with Crippen LogP contribution in [0.3, 0.4) is 0 Å². The molecule has 118 valence electrons. The van der Waals surface area contributed by atoms with Crippen LogP contribution in [-0.4, -0.2) is 54.9 Å². The van der Waals surface area contributed by atoms with Gasteiger partial charge in [0, 0.05) is 37.1 Å². The first-order valence-corrected chi connectivity index (χ1v) is 9.55. The largest absolute Gasteiger partial charge is 0.340 e. The fourth-order valence-corrected chi connectivity index (χ4v) is 4.26. The second-order valence-corrected chi connectivity index (χ2v) is 8.78. The van der Waals surface area contributed by atoms with Crippen LogP contribution in [0, 0.1) is 12.8 Å². The van der Waals surface area contributed by atoms with Gasteiger partial charge in [0.1, 0.15) is 0 Å². The van der Waals surface area contributed by atoms with Gasteiger partial charge in [-0.1, -0.05) is 0 Å². The van der Waals surface area contributed by atoms with E-state index in [9.17, 15) is 13.2 Å². The van der Waals surface area contributed by atoms with Crippen LogP contribution >= 0.6 is 11.3 Å². The van der Waals surface area contributed by atoms with E-state index in [1.165, 1.54) is 10.6 Å². The summed E-state index contributed by atoms with van der Waals surface area (Å²) in [7, 11) is -1.35. The summed E-state index contributed by atoms with van der Waals surface area (Å²) in [4.78, 5) is 19.4. The minimum atomic E-state index is -3.14. The molecule has 0 atom stereocenters. The van der Waals surface area contributed by atoms with E-state index in [-0.39, 0.29) is 11.8 Å². The maximum absolute atomic E-state index is 12.4. The van der Waals surface area contributed by atoms with Crippen LogP contribution in [0.1, 0.15) is 22.7 Å². The van der Waals surface area contributed by atoms with Crippen molar-refractivity contribution in [1.29, 1.82) is 0 Å². The normalized spacial score (nSPS) is 17.9. The lowest BCUT2D eigenvalue weighted by molar-refractivity contribution is -0.135. The average molecular weight is 331 g/mol. The summed E-state index contributed by atoms with van der Waals surface area (Å²) in [5.41, 5.74) is 0. The van der Waals surface area contributed by atoms with Crippen molar-refractivity contribution >= 4 is 27.3 Å². The molecule has 21 heavy (non-hydrogen) atoms. The topological polar surface area (TPSA) is 70.6 Å². The summed E-state index contributed by atoms with van der Waals surface area (Å²) < 4.78 is 24.4. The maximum Gasteiger partial charge on any atom is 0.225 e. The first-order valence-electron chi connectivity index (χ1n) is 6.89. The Bertz CT molecular complexity index is 604. The molecule has 1 aromatic heterocycles. The number of hydrogen-bond acceptors (Lipinski definition) is 5. The van der Waals surface area contributed by atoms with Crippen LogP contribution in [0.25, 0.3) is 0 Å². The van der Waals surface area contributed by atoms with Crippen molar-refractivity contribution in [2.45, 2.75) is 26.3 Å². The lowest BCUT2D eigenvalue weighted by Crippen LogP contribution is -2.42. The Kier molecular flexibility index (Phi) is 5.00. The lowest BCUT2D eigenvalue weighted by atomic mass is 9.97. The summed E-state index contributed by atoms with van der Waals surface area (Å²) in [5.74, 6) is 0.0104. The van der Waals surface area contributed by atoms with Crippen LogP contribution in [0.2, 0.25) is 0 Å². The predicted molar refractivity (Wildman–Crippen MR) is 82.5 cm³/mol. The predicted octanol–water partition coefficient (Wildman–Crippen LogP) is 1.08. The molecule has 0 saturated carbocycles. The zero-order valence-corrected chi connectivity index (χ0v) is 14.2. The first kappa shape index (κ1) is 16.4. The highest BCUT2D eigenvalue weighted by Crippen LogP contribution is 2.22. The van der Waals surface area contributed by atoms with E-state index < -0.39 is 10.0 Å². The van der Waals surface area contributed by atoms with Crippen molar-refractivity contribution in [3.63, 3.8) is 0 Å². The molecule has 2 heterocycles. The number of carbonyl (C=O) groups is 1. The number of sulfonamides is 1. The maximum atomic E-state index is 12.4. The van der Waals surface area contributed by atoms with Crippen molar-refractivity contribution in [2.75, 3.05) is 26.4 Å². The Balaban J connectivity index is 1.89. The van der Waals surface area contributed by atoms with Crippen LogP contribution in [0.15, 0.2) is 6.20 Å². The van der Waals surface area contributed by atoms with E-state index in [1.807, 2.05) is 6.92 Å². The Morgan fingerprint density at radius 1 is 1.48 bits per heavy atom. The zero-order chi connectivity index (χ0) is 15.6. The number of aromatic nitrogens is 1. The fraction of sp³-hybridized carbons (Fsp3) is 0.692. The number of aryl methyl sites for hydroxylation is 1. The second-order valence-electron chi connectivity index (χ2n) is 5.48. The Labute approximate surface area is 129 Å². The Morgan fingerprint density at radius 2 is 2.10 bits per heavy atom. The second kappa shape index (κ2) is 6.41. The van der Waals surface area contributed by atoms with E-state index in [0.717, 1.165) is 9.88 Å². The number of piperidine rings is 1. The molecule has 0 spiro atoms. The van der Waals surface area contributed by atoms with E-state index in [1.54, 1.807) is 29.5 Å². The van der Waals surface area contributed by atoms with Gasteiger partial charge in [0.05, 0.1) is 17.8 Å². The summed E-state index contributed by atoms with van der Waals surface area (Å²) >= 11 is 1.59. The van der Waals surface area contributed by atoms with Gasteiger partial charge < -0.3 is 4.90 Å². The Hall–Kier alpha value is -0.990. The highest BCUT2D eigenvalue weighted by molar-refractivity contribution is 7.88. The fourth-order valence-electron chi connectivity index (χ4n) is 2.54. The third-order valence-electron chi connectivity index (χ3n) is 3.71. The molecule has 1 amide bonds.